The first kappa shape index (κ1) is 25.4. The molecule has 1 aliphatic heterocycles. The molecule has 0 aliphatic carbocycles. The van der Waals surface area contributed by atoms with Crippen molar-refractivity contribution in [1.29, 1.82) is 0 Å². The van der Waals surface area contributed by atoms with Crippen LogP contribution in [0.1, 0.15) is 29.2 Å². The van der Waals surface area contributed by atoms with Crippen molar-refractivity contribution in [3.63, 3.8) is 0 Å². The molecule has 0 spiro atoms. The predicted molar refractivity (Wildman–Crippen MR) is 141 cm³/mol. The highest BCUT2D eigenvalue weighted by molar-refractivity contribution is 9.10. The lowest BCUT2D eigenvalue weighted by Crippen LogP contribution is -2.52. The van der Waals surface area contributed by atoms with Gasteiger partial charge in [0.2, 0.25) is 5.90 Å². The van der Waals surface area contributed by atoms with Gasteiger partial charge >= 0.3 is 0 Å². The second kappa shape index (κ2) is 11.3. The molecule has 0 fully saturated rings. The number of hydrogen-bond acceptors (Lipinski definition) is 6. The average molecular weight is 603 g/mol. The van der Waals surface area contributed by atoms with Gasteiger partial charge in [-0.2, -0.15) is 0 Å². The molecule has 0 bridgehead atoms. The fraction of sp³-hybridized carbons (Fsp3) is 0.231. The largest absolute Gasteiger partial charge is 0.494 e. The van der Waals surface area contributed by atoms with E-state index in [1.165, 1.54) is 0 Å². The van der Waals surface area contributed by atoms with Crippen LogP contribution in [-0.2, 0) is 16.0 Å². The van der Waals surface area contributed by atoms with Crippen molar-refractivity contribution >= 4 is 43.7 Å². The Labute approximate surface area is 220 Å². The number of hydrogen-bond donors (Lipinski definition) is 3. The van der Waals surface area contributed by atoms with Crippen LogP contribution in [0.15, 0.2) is 86.7 Å². The molecule has 3 aromatic carbocycles. The summed E-state index contributed by atoms with van der Waals surface area (Å²) >= 11 is 7.06. The van der Waals surface area contributed by atoms with Gasteiger partial charge in [0.15, 0.2) is 11.6 Å². The highest BCUT2D eigenvalue weighted by Gasteiger charge is 2.53. The molecule has 1 aliphatic rings. The van der Waals surface area contributed by atoms with Crippen molar-refractivity contribution in [2.75, 3.05) is 13.2 Å². The smallest absolute Gasteiger partial charge is 0.266 e. The van der Waals surface area contributed by atoms with Crippen molar-refractivity contribution < 1.29 is 19.4 Å². The van der Waals surface area contributed by atoms with Gasteiger partial charge in [-0.15, -0.1) is 0 Å². The van der Waals surface area contributed by atoms with Crippen LogP contribution in [0.2, 0.25) is 0 Å². The highest BCUT2D eigenvalue weighted by atomic mass is 79.9. The van der Waals surface area contributed by atoms with Crippen molar-refractivity contribution in [1.82, 2.24) is 5.43 Å². The molecule has 1 amide bonds. The van der Waals surface area contributed by atoms with Gasteiger partial charge < -0.3 is 14.6 Å². The lowest BCUT2D eigenvalue weighted by atomic mass is 9.82. The SMILES string of the molecule is NNC(=O)[C@@]1(Cc2ccc(Br)cc2)N=C(c2ccc(OCCCO)cc2)O[C@H]1c1ccccc1Br. The summed E-state index contributed by atoms with van der Waals surface area (Å²) in [6.45, 7) is 0.493. The predicted octanol–water partition coefficient (Wildman–Crippen LogP) is 4.46. The summed E-state index contributed by atoms with van der Waals surface area (Å²) in [5.41, 5.74) is 3.39. The molecule has 182 valence electrons. The van der Waals surface area contributed by atoms with Crippen LogP contribution in [0.4, 0.5) is 0 Å². The Kier molecular flexibility index (Phi) is 8.22. The van der Waals surface area contributed by atoms with Crippen molar-refractivity contribution in [2.45, 2.75) is 24.5 Å². The molecule has 0 saturated carbocycles. The van der Waals surface area contributed by atoms with E-state index >= 15 is 0 Å². The number of aliphatic imine (C=N–C) groups is 1. The maximum atomic E-state index is 13.4. The number of carbonyl (C=O) groups excluding carboxylic acids is 1. The molecule has 0 saturated heterocycles. The molecule has 0 aromatic heterocycles. The summed E-state index contributed by atoms with van der Waals surface area (Å²) in [6, 6.07) is 22.6. The Morgan fingerprint density at radius 1 is 1.09 bits per heavy atom. The third kappa shape index (κ3) is 5.59. The van der Waals surface area contributed by atoms with Gasteiger partial charge in [-0.05, 0) is 48.0 Å². The monoisotopic (exact) mass is 601 g/mol. The Bertz CT molecular complexity index is 1200. The van der Waals surface area contributed by atoms with Crippen LogP contribution in [0.3, 0.4) is 0 Å². The first-order valence-electron chi connectivity index (χ1n) is 11.1. The van der Waals surface area contributed by atoms with Gasteiger partial charge in [0.1, 0.15) is 5.75 Å². The standard InChI is InChI=1S/C26H25Br2N3O4/c27-19-10-6-17(7-11-19)16-26(25(33)31-29)23(21-4-1-2-5-22(21)28)35-24(30-26)18-8-12-20(13-9-18)34-15-3-14-32/h1-2,4-13,23,32H,3,14-16,29H2,(H,31,33)/t23-,26-/m0/s1. The minimum Gasteiger partial charge on any atom is -0.494 e. The second-order valence-electron chi connectivity index (χ2n) is 8.09. The van der Waals surface area contributed by atoms with E-state index in [0.717, 1.165) is 20.1 Å². The molecule has 3 aromatic rings. The van der Waals surface area contributed by atoms with E-state index in [1.54, 1.807) is 0 Å². The van der Waals surface area contributed by atoms with Gasteiger partial charge in [-0.3, -0.25) is 10.2 Å². The van der Waals surface area contributed by atoms with Crippen LogP contribution < -0.4 is 16.0 Å². The van der Waals surface area contributed by atoms with Crippen molar-refractivity contribution in [3.8, 4) is 5.75 Å². The number of nitrogens with one attached hydrogen (secondary N) is 1. The van der Waals surface area contributed by atoms with Gasteiger partial charge in [0.05, 0.1) is 6.61 Å². The van der Waals surface area contributed by atoms with Gasteiger partial charge in [-0.1, -0.05) is 62.2 Å². The minimum atomic E-state index is -1.34. The number of benzene rings is 3. The number of nitrogens with two attached hydrogens (primary N) is 1. The lowest BCUT2D eigenvalue weighted by molar-refractivity contribution is -0.129. The minimum absolute atomic E-state index is 0.0722. The van der Waals surface area contributed by atoms with Crippen LogP contribution in [0.25, 0.3) is 0 Å². The maximum absolute atomic E-state index is 13.4. The van der Waals surface area contributed by atoms with Crippen LogP contribution >= 0.6 is 31.9 Å². The summed E-state index contributed by atoms with van der Waals surface area (Å²) in [7, 11) is 0. The Morgan fingerprint density at radius 2 is 1.80 bits per heavy atom. The fourth-order valence-corrected chi connectivity index (χ4v) is 4.74. The average Bonchev–Trinajstić information content (AvgIpc) is 3.26. The Morgan fingerprint density at radius 3 is 2.46 bits per heavy atom. The molecule has 4 N–H and O–H groups in total. The van der Waals surface area contributed by atoms with Crippen LogP contribution in [0, 0.1) is 0 Å². The van der Waals surface area contributed by atoms with Crippen molar-refractivity contribution in [2.24, 2.45) is 10.8 Å². The zero-order valence-corrected chi connectivity index (χ0v) is 22.0. The number of halogens is 2. The third-order valence-electron chi connectivity index (χ3n) is 5.74. The van der Waals surface area contributed by atoms with Crippen LogP contribution in [0.5, 0.6) is 5.75 Å². The summed E-state index contributed by atoms with van der Waals surface area (Å²) in [5, 5.41) is 8.94. The molecule has 0 radical (unpaired) electrons. The van der Waals surface area contributed by atoms with E-state index in [4.69, 9.17) is 25.4 Å². The highest BCUT2D eigenvalue weighted by Crippen LogP contribution is 2.44. The molecule has 2 atom stereocenters. The maximum Gasteiger partial charge on any atom is 0.266 e. The van der Waals surface area contributed by atoms with Gasteiger partial charge in [0.25, 0.3) is 5.91 Å². The Hall–Kier alpha value is -2.72. The van der Waals surface area contributed by atoms with Gasteiger partial charge in [0, 0.05) is 39.5 Å². The number of carbonyl (C=O) groups is 1. The van der Waals surface area contributed by atoms with E-state index in [1.807, 2.05) is 72.8 Å². The van der Waals surface area contributed by atoms with E-state index in [-0.39, 0.29) is 13.0 Å². The van der Waals surface area contributed by atoms with E-state index in [2.05, 4.69) is 37.3 Å². The quantitative estimate of drug-likeness (QED) is 0.145. The van der Waals surface area contributed by atoms with Gasteiger partial charge in [-0.25, -0.2) is 10.8 Å². The molecule has 7 nitrogen and oxygen atoms in total. The number of aliphatic hydroxyl groups is 1. The number of ether oxygens (including phenoxy) is 2. The first-order valence-corrected chi connectivity index (χ1v) is 12.7. The normalized spacial score (nSPS) is 19.1. The number of aliphatic hydroxyl groups excluding tert-OH is 1. The molecular formula is C26H25Br2N3O4. The summed E-state index contributed by atoms with van der Waals surface area (Å²) in [4.78, 5) is 18.3. The molecule has 9 heteroatoms. The summed E-state index contributed by atoms with van der Waals surface area (Å²) in [5.74, 6) is 6.24. The first-order chi connectivity index (χ1) is 17.0. The molecule has 35 heavy (non-hydrogen) atoms. The number of rotatable bonds is 9. The zero-order chi connectivity index (χ0) is 24.8. The number of nitrogens with zero attached hydrogens (tertiary/aromatic N) is 1. The lowest BCUT2D eigenvalue weighted by Gasteiger charge is -2.30. The topological polar surface area (TPSA) is 106 Å². The second-order valence-corrected chi connectivity index (χ2v) is 9.86. The molecule has 0 unspecified atom stereocenters. The number of hydrazine groups is 1. The van der Waals surface area contributed by atoms with E-state index < -0.39 is 17.6 Å². The summed E-state index contributed by atoms with van der Waals surface area (Å²) in [6.07, 6.45) is 0.111. The Balaban J connectivity index is 1.76. The molecule has 4 rings (SSSR count). The van der Waals surface area contributed by atoms with E-state index in [9.17, 15) is 4.79 Å². The fourth-order valence-electron chi connectivity index (χ4n) is 3.99. The number of amides is 1. The van der Waals surface area contributed by atoms with E-state index in [0.29, 0.717) is 30.2 Å². The van der Waals surface area contributed by atoms with Crippen molar-refractivity contribution in [3.05, 3.63) is 98.4 Å². The molecule has 1 heterocycles. The third-order valence-corrected chi connectivity index (χ3v) is 6.99. The summed E-state index contributed by atoms with van der Waals surface area (Å²) < 4.78 is 13.8. The zero-order valence-electron chi connectivity index (χ0n) is 18.8. The van der Waals surface area contributed by atoms with Crippen LogP contribution in [-0.4, -0.2) is 35.7 Å². The molecular weight excluding hydrogens is 578 g/mol.